The second-order valence-electron chi connectivity index (χ2n) is 6.12. The lowest BCUT2D eigenvalue weighted by atomic mass is 9.85. The molecule has 1 saturated carbocycles. The van der Waals surface area contributed by atoms with Gasteiger partial charge in [0.05, 0.1) is 22.3 Å². The van der Waals surface area contributed by atoms with Gasteiger partial charge in [-0.05, 0) is 38.3 Å². The van der Waals surface area contributed by atoms with Crippen molar-refractivity contribution in [3.63, 3.8) is 0 Å². The first-order valence-electron chi connectivity index (χ1n) is 8.20. The average Bonchev–Trinajstić information content (AvgIpc) is 2.55. The van der Waals surface area contributed by atoms with E-state index in [2.05, 4.69) is 5.32 Å². The Morgan fingerprint density at radius 3 is 2.48 bits per heavy atom. The Labute approximate surface area is 164 Å². The van der Waals surface area contributed by atoms with E-state index in [0.717, 1.165) is 19.3 Å². The highest BCUT2D eigenvalue weighted by Crippen LogP contribution is 2.30. The Morgan fingerprint density at radius 1 is 1.28 bits per heavy atom. The van der Waals surface area contributed by atoms with Crippen molar-refractivity contribution in [1.82, 2.24) is 4.90 Å². The van der Waals surface area contributed by atoms with Crippen molar-refractivity contribution >= 4 is 53.1 Å². The minimum Gasteiger partial charge on any atom is -0.333 e. The topological polar surface area (TPSA) is 75.4 Å². The first kappa shape index (κ1) is 22.0. The van der Waals surface area contributed by atoms with Gasteiger partial charge in [0.2, 0.25) is 11.8 Å². The third kappa shape index (κ3) is 6.03. The van der Waals surface area contributed by atoms with Crippen molar-refractivity contribution in [3.05, 3.63) is 28.2 Å². The molecule has 5 nitrogen and oxygen atoms in total. The first-order valence-corrected chi connectivity index (χ1v) is 8.96. The molecule has 25 heavy (non-hydrogen) atoms. The number of rotatable bonds is 5. The largest absolute Gasteiger partial charge is 0.333 e. The second kappa shape index (κ2) is 10.2. The lowest BCUT2D eigenvalue weighted by Gasteiger charge is -2.30. The van der Waals surface area contributed by atoms with Gasteiger partial charge in [-0.25, -0.2) is 0 Å². The fourth-order valence-electron chi connectivity index (χ4n) is 3.03. The van der Waals surface area contributed by atoms with Crippen LogP contribution in [0.4, 0.5) is 5.69 Å². The lowest BCUT2D eigenvalue weighted by Crippen LogP contribution is -2.43. The van der Waals surface area contributed by atoms with Crippen LogP contribution in [0.25, 0.3) is 0 Å². The number of halogens is 3. The minimum atomic E-state index is -0.319. The van der Waals surface area contributed by atoms with E-state index >= 15 is 0 Å². The maximum absolute atomic E-state index is 12.6. The third-order valence-electron chi connectivity index (χ3n) is 4.32. The summed E-state index contributed by atoms with van der Waals surface area (Å²) in [4.78, 5) is 26.5. The molecule has 1 fully saturated rings. The summed E-state index contributed by atoms with van der Waals surface area (Å²) in [5.41, 5.74) is 6.33. The molecule has 1 aromatic rings. The van der Waals surface area contributed by atoms with Crippen LogP contribution in [-0.4, -0.2) is 35.8 Å². The van der Waals surface area contributed by atoms with Gasteiger partial charge in [-0.1, -0.05) is 35.7 Å². The molecule has 2 amide bonds. The van der Waals surface area contributed by atoms with Crippen LogP contribution >= 0.6 is 35.6 Å². The van der Waals surface area contributed by atoms with E-state index in [-0.39, 0.29) is 42.7 Å². The number of nitrogens with one attached hydrogen (secondary N) is 1. The van der Waals surface area contributed by atoms with Crippen molar-refractivity contribution in [2.24, 2.45) is 11.7 Å². The van der Waals surface area contributed by atoms with E-state index in [9.17, 15) is 9.59 Å². The number of hydrogen-bond acceptors (Lipinski definition) is 3. The van der Waals surface area contributed by atoms with Gasteiger partial charge in [-0.2, -0.15) is 0 Å². The van der Waals surface area contributed by atoms with E-state index in [4.69, 9.17) is 28.9 Å². The monoisotopic (exact) mass is 407 g/mol. The van der Waals surface area contributed by atoms with Crippen LogP contribution in [-0.2, 0) is 9.59 Å². The summed E-state index contributed by atoms with van der Waals surface area (Å²) in [7, 11) is 0. The highest BCUT2D eigenvalue weighted by atomic mass is 35.5. The molecule has 0 bridgehead atoms. The van der Waals surface area contributed by atoms with Crippen LogP contribution in [0.15, 0.2) is 18.2 Å². The number of nitrogens with two attached hydrogens (primary N) is 1. The van der Waals surface area contributed by atoms with Gasteiger partial charge in [-0.3, -0.25) is 9.59 Å². The summed E-state index contributed by atoms with van der Waals surface area (Å²) < 4.78 is 0. The van der Waals surface area contributed by atoms with E-state index in [1.165, 1.54) is 0 Å². The third-order valence-corrected chi connectivity index (χ3v) is 4.95. The van der Waals surface area contributed by atoms with Crippen molar-refractivity contribution in [2.45, 2.75) is 38.6 Å². The maximum Gasteiger partial charge on any atom is 0.244 e. The summed E-state index contributed by atoms with van der Waals surface area (Å²) >= 11 is 12.1. The number of hydrogen-bond donors (Lipinski definition) is 2. The lowest BCUT2D eigenvalue weighted by molar-refractivity contribution is -0.139. The number of carbonyl (C=O) groups is 2. The number of likely N-dealkylation sites (N-methyl/N-ethyl adjacent to an activating group) is 1. The molecule has 0 saturated heterocycles. The van der Waals surface area contributed by atoms with Crippen LogP contribution in [0.1, 0.15) is 32.6 Å². The zero-order valence-electron chi connectivity index (χ0n) is 14.1. The van der Waals surface area contributed by atoms with Crippen LogP contribution in [0.3, 0.4) is 0 Å². The molecule has 0 aliphatic heterocycles. The summed E-state index contributed by atoms with van der Waals surface area (Å²) in [5.74, 6) is -0.418. The maximum atomic E-state index is 12.6. The minimum absolute atomic E-state index is 0. The average molecular weight is 409 g/mol. The van der Waals surface area contributed by atoms with Gasteiger partial charge in [0.15, 0.2) is 0 Å². The molecular formula is C17H24Cl3N3O2. The van der Waals surface area contributed by atoms with Gasteiger partial charge in [0.25, 0.3) is 0 Å². The SMILES string of the molecule is CCN(CC(=O)Nc1c(Cl)cccc1Cl)C(=O)C1CCCC(N)C1.Cl. The van der Waals surface area contributed by atoms with Crippen LogP contribution in [0.2, 0.25) is 10.0 Å². The van der Waals surface area contributed by atoms with E-state index < -0.39 is 0 Å². The van der Waals surface area contributed by atoms with Crippen molar-refractivity contribution in [3.8, 4) is 0 Å². The molecule has 0 heterocycles. The van der Waals surface area contributed by atoms with Crippen LogP contribution in [0, 0.1) is 5.92 Å². The molecule has 2 rings (SSSR count). The Morgan fingerprint density at radius 2 is 1.92 bits per heavy atom. The van der Waals surface area contributed by atoms with Crippen molar-refractivity contribution in [2.75, 3.05) is 18.4 Å². The van der Waals surface area contributed by atoms with Gasteiger partial charge in [0, 0.05) is 18.5 Å². The Hall–Kier alpha value is -1.01. The highest BCUT2D eigenvalue weighted by Gasteiger charge is 2.29. The molecule has 2 unspecified atom stereocenters. The zero-order chi connectivity index (χ0) is 17.7. The molecular weight excluding hydrogens is 385 g/mol. The van der Waals surface area contributed by atoms with Crippen molar-refractivity contribution < 1.29 is 9.59 Å². The quantitative estimate of drug-likeness (QED) is 0.779. The Kier molecular flexibility index (Phi) is 9.00. The van der Waals surface area contributed by atoms with Crippen LogP contribution < -0.4 is 11.1 Å². The van der Waals surface area contributed by atoms with E-state index in [1.807, 2.05) is 6.92 Å². The number of anilines is 1. The summed E-state index contributed by atoms with van der Waals surface area (Å²) in [6.45, 7) is 2.30. The normalized spacial score (nSPS) is 19.7. The fourth-order valence-corrected chi connectivity index (χ4v) is 3.52. The number of amides is 2. The number of benzene rings is 1. The smallest absolute Gasteiger partial charge is 0.244 e. The number of para-hydroxylation sites is 1. The van der Waals surface area contributed by atoms with Crippen molar-refractivity contribution in [1.29, 1.82) is 0 Å². The zero-order valence-corrected chi connectivity index (χ0v) is 16.5. The highest BCUT2D eigenvalue weighted by molar-refractivity contribution is 6.39. The molecule has 0 radical (unpaired) electrons. The molecule has 0 spiro atoms. The molecule has 3 N–H and O–H groups in total. The number of nitrogens with zero attached hydrogens (tertiary/aromatic N) is 1. The standard InChI is InChI=1S/C17H23Cl2N3O2.ClH/c1-2-22(17(24)11-5-3-6-12(20)9-11)10-15(23)21-16-13(18)7-4-8-14(16)19;/h4,7-8,11-12H,2-3,5-6,9-10,20H2,1H3,(H,21,23);1H. The second-order valence-corrected chi connectivity index (χ2v) is 6.94. The van der Waals surface area contributed by atoms with Crippen LogP contribution in [0.5, 0.6) is 0 Å². The molecule has 140 valence electrons. The van der Waals surface area contributed by atoms with Gasteiger partial charge in [-0.15, -0.1) is 12.4 Å². The fraction of sp³-hybridized carbons (Fsp3) is 0.529. The van der Waals surface area contributed by atoms with E-state index in [0.29, 0.717) is 28.7 Å². The molecule has 0 aromatic heterocycles. The molecule has 2 atom stereocenters. The molecule has 1 aliphatic rings. The summed E-state index contributed by atoms with van der Waals surface area (Å²) in [6, 6.07) is 5.07. The van der Waals surface area contributed by atoms with E-state index in [1.54, 1.807) is 23.1 Å². The predicted octanol–water partition coefficient (Wildman–Crippen LogP) is 3.72. The first-order chi connectivity index (χ1) is 11.4. The van der Waals surface area contributed by atoms with Gasteiger partial charge < -0.3 is 16.0 Å². The predicted molar refractivity (Wildman–Crippen MR) is 105 cm³/mol. The van der Waals surface area contributed by atoms with Gasteiger partial charge in [0.1, 0.15) is 0 Å². The Bertz CT molecular complexity index is 593. The molecule has 8 heteroatoms. The molecule has 1 aromatic carbocycles. The number of carbonyl (C=O) groups excluding carboxylic acids is 2. The summed E-state index contributed by atoms with van der Waals surface area (Å²) in [6.07, 6.45) is 3.44. The molecule has 1 aliphatic carbocycles. The van der Waals surface area contributed by atoms with Gasteiger partial charge >= 0.3 is 0 Å². The summed E-state index contributed by atoms with van der Waals surface area (Å²) in [5, 5.41) is 3.42. The Balaban J connectivity index is 0.00000312.